The molecule has 0 amide bonds. The molecule has 0 fully saturated rings. The summed E-state index contributed by atoms with van der Waals surface area (Å²) in [6.07, 6.45) is 0. The van der Waals surface area contributed by atoms with Crippen molar-refractivity contribution in [2.45, 2.75) is 0 Å². The third-order valence-electron chi connectivity index (χ3n) is 9.86. The number of fused-ring (bicyclic) bond motifs is 2. The van der Waals surface area contributed by atoms with E-state index in [2.05, 4.69) is 217 Å². The van der Waals surface area contributed by atoms with Crippen LogP contribution < -0.4 is 4.90 Å². The Labute approximate surface area is 299 Å². The van der Waals surface area contributed by atoms with Gasteiger partial charge in [-0.2, -0.15) is 0 Å². The van der Waals surface area contributed by atoms with Gasteiger partial charge in [0.15, 0.2) is 0 Å². The summed E-state index contributed by atoms with van der Waals surface area (Å²) in [5.41, 5.74) is 12.9. The van der Waals surface area contributed by atoms with Crippen molar-refractivity contribution in [3.63, 3.8) is 0 Å². The monoisotopic (exact) mass is 649 g/mol. The maximum atomic E-state index is 2.41. The highest BCUT2D eigenvalue weighted by Gasteiger charge is 2.19. The third-order valence-corrected chi connectivity index (χ3v) is 9.86. The average Bonchev–Trinajstić information content (AvgIpc) is 3.21. The Morgan fingerprint density at radius 2 is 0.745 bits per heavy atom. The molecule has 1 heteroatoms. The Hall–Kier alpha value is -6.70. The summed E-state index contributed by atoms with van der Waals surface area (Å²) >= 11 is 0. The van der Waals surface area contributed by atoms with E-state index in [-0.39, 0.29) is 0 Å². The van der Waals surface area contributed by atoms with Gasteiger partial charge in [-0.3, -0.25) is 0 Å². The van der Waals surface area contributed by atoms with Crippen LogP contribution in [0.3, 0.4) is 0 Å². The number of para-hydroxylation sites is 1. The van der Waals surface area contributed by atoms with Crippen LogP contribution in [0.25, 0.3) is 66.1 Å². The molecule has 0 saturated carbocycles. The van der Waals surface area contributed by atoms with Crippen LogP contribution in [0.15, 0.2) is 212 Å². The number of rotatable bonds is 7. The molecule has 0 radical (unpaired) electrons. The summed E-state index contributed by atoms with van der Waals surface area (Å²) < 4.78 is 0. The first-order chi connectivity index (χ1) is 25.3. The van der Waals surface area contributed by atoms with Crippen LogP contribution in [0.5, 0.6) is 0 Å². The predicted molar refractivity (Wildman–Crippen MR) is 218 cm³/mol. The first-order valence-corrected chi connectivity index (χ1v) is 17.5. The van der Waals surface area contributed by atoms with Crippen molar-refractivity contribution in [2.24, 2.45) is 0 Å². The van der Waals surface area contributed by atoms with Gasteiger partial charge in [-0.25, -0.2) is 0 Å². The molecule has 240 valence electrons. The fraction of sp³-hybridized carbons (Fsp3) is 0. The number of hydrogen-bond acceptors (Lipinski definition) is 1. The Bertz CT molecular complexity index is 2630. The summed E-state index contributed by atoms with van der Waals surface area (Å²) in [6.45, 7) is 0. The predicted octanol–water partition coefficient (Wildman–Crippen LogP) is 14.1. The molecule has 0 bridgehead atoms. The fourth-order valence-corrected chi connectivity index (χ4v) is 7.39. The first kappa shape index (κ1) is 30.4. The number of anilines is 3. The molecule has 0 unspecified atom stereocenters. The Kier molecular flexibility index (Phi) is 7.92. The van der Waals surface area contributed by atoms with Crippen LogP contribution in [0.1, 0.15) is 0 Å². The van der Waals surface area contributed by atoms with Gasteiger partial charge in [-0.05, 0) is 96.9 Å². The molecular weight excluding hydrogens is 615 g/mol. The lowest BCUT2D eigenvalue weighted by molar-refractivity contribution is 1.28. The summed E-state index contributed by atoms with van der Waals surface area (Å²) in [5, 5.41) is 5.00. The van der Waals surface area contributed by atoms with Crippen molar-refractivity contribution < 1.29 is 0 Å². The van der Waals surface area contributed by atoms with E-state index >= 15 is 0 Å². The smallest absolute Gasteiger partial charge is 0.0540 e. The second-order valence-electron chi connectivity index (χ2n) is 13.0. The molecule has 0 aliphatic carbocycles. The molecule has 9 aromatic rings. The van der Waals surface area contributed by atoms with Crippen molar-refractivity contribution in [2.75, 3.05) is 4.90 Å². The SMILES string of the molecule is c1ccc(-c2cccc(-c3ccccc3N(c3ccc(-c4cccc5ccccc45)cc3)c3cccc(-c4cccc5ccccc45)c3)c2)cc1. The van der Waals surface area contributed by atoms with E-state index in [0.717, 1.165) is 17.1 Å². The molecule has 0 atom stereocenters. The van der Waals surface area contributed by atoms with Gasteiger partial charge in [-0.1, -0.05) is 176 Å². The van der Waals surface area contributed by atoms with Crippen molar-refractivity contribution in [3.8, 4) is 44.5 Å². The van der Waals surface area contributed by atoms with Gasteiger partial charge < -0.3 is 4.90 Å². The van der Waals surface area contributed by atoms with E-state index < -0.39 is 0 Å². The summed E-state index contributed by atoms with van der Waals surface area (Å²) in [6, 6.07) is 76.7. The highest BCUT2D eigenvalue weighted by molar-refractivity contribution is 5.99. The standard InChI is InChI=1S/C50H35N/c1-2-14-36(15-3-1)40-20-10-21-41(34-40)49-26-8-9-29-50(49)51(43-32-30-39(31-33-43)47-27-12-18-37-16-4-6-24-45(37)47)44-23-11-22-42(35-44)48-28-13-19-38-17-5-7-25-46(38)48/h1-35H. The van der Waals surface area contributed by atoms with Gasteiger partial charge in [0.2, 0.25) is 0 Å². The molecule has 1 nitrogen and oxygen atoms in total. The van der Waals surface area contributed by atoms with Gasteiger partial charge in [0.1, 0.15) is 0 Å². The maximum Gasteiger partial charge on any atom is 0.0540 e. The minimum atomic E-state index is 1.10. The quantitative estimate of drug-likeness (QED) is 0.166. The number of benzene rings is 9. The van der Waals surface area contributed by atoms with Gasteiger partial charge in [-0.15, -0.1) is 0 Å². The van der Waals surface area contributed by atoms with Gasteiger partial charge in [0.05, 0.1) is 5.69 Å². The van der Waals surface area contributed by atoms with E-state index in [1.165, 1.54) is 66.1 Å². The topological polar surface area (TPSA) is 3.24 Å². The second-order valence-corrected chi connectivity index (χ2v) is 13.0. The minimum Gasteiger partial charge on any atom is -0.310 e. The van der Waals surface area contributed by atoms with E-state index in [9.17, 15) is 0 Å². The molecule has 51 heavy (non-hydrogen) atoms. The lowest BCUT2D eigenvalue weighted by atomic mass is 9.95. The van der Waals surface area contributed by atoms with Gasteiger partial charge in [0.25, 0.3) is 0 Å². The van der Waals surface area contributed by atoms with Crippen LogP contribution in [0.4, 0.5) is 17.1 Å². The molecule has 9 rings (SSSR count). The molecule has 0 saturated heterocycles. The van der Waals surface area contributed by atoms with Crippen molar-refractivity contribution in [3.05, 3.63) is 212 Å². The van der Waals surface area contributed by atoms with Crippen LogP contribution in [0, 0.1) is 0 Å². The van der Waals surface area contributed by atoms with Gasteiger partial charge >= 0.3 is 0 Å². The Balaban J connectivity index is 1.21. The zero-order chi connectivity index (χ0) is 34.0. The van der Waals surface area contributed by atoms with Crippen LogP contribution in [-0.4, -0.2) is 0 Å². The van der Waals surface area contributed by atoms with E-state index in [1.54, 1.807) is 0 Å². The molecular formula is C50H35N. The molecule has 0 aromatic heterocycles. The average molecular weight is 650 g/mol. The molecule has 0 spiro atoms. The number of nitrogens with zero attached hydrogens (tertiary/aromatic N) is 1. The van der Waals surface area contributed by atoms with Crippen LogP contribution >= 0.6 is 0 Å². The van der Waals surface area contributed by atoms with Crippen molar-refractivity contribution >= 4 is 38.6 Å². The molecule has 0 heterocycles. The third kappa shape index (κ3) is 5.86. The van der Waals surface area contributed by atoms with Crippen molar-refractivity contribution in [1.29, 1.82) is 0 Å². The Morgan fingerprint density at radius 1 is 0.255 bits per heavy atom. The summed E-state index contributed by atoms with van der Waals surface area (Å²) in [4.78, 5) is 2.41. The van der Waals surface area contributed by atoms with Crippen molar-refractivity contribution in [1.82, 2.24) is 0 Å². The first-order valence-electron chi connectivity index (χ1n) is 17.5. The largest absolute Gasteiger partial charge is 0.310 e. The highest BCUT2D eigenvalue weighted by Crippen LogP contribution is 2.43. The number of hydrogen-bond donors (Lipinski definition) is 0. The molecule has 9 aromatic carbocycles. The fourth-order valence-electron chi connectivity index (χ4n) is 7.39. The zero-order valence-electron chi connectivity index (χ0n) is 28.2. The normalized spacial score (nSPS) is 11.1. The maximum absolute atomic E-state index is 2.41. The molecule has 0 aliphatic rings. The summed E-state index contributed by atoms with van der Waals surface area (Å²) in [5.74, 6) is 0. The van der Waals surface area contributed by atoms with Gasteiger partial charge in [0, 0.05) is 16.9 Å². The summed E-state index contributed by atoms with van der Waals surface area (Å²) in [7, 11) is 0. The van der Waals surface area contributed by atoms with Crippen LogP contribution in [-0.2, 0) is 0 Å². The van der Waals surface area contributed by atoms with E-state index in [4.69, 9.17) is 0 Å². The van der Waals surface area contributed by atoms with Crippen LogP contribution in [0.2, 0.25) is 0 Å². The van der Waals surface area contributed by atoms with E-state index in [0.29, 0.717) is 0 Å². The zero-order valence-corrected chi connectivity index (χ0v) is 28.2. The lowest BCUT2D eigenvalue weighted by Gasteiger charge is -2.28. The highest BCUT2D eigenvalue weighted by atomic mass is 15.1. The van der Waals surface area contributed by atoms with E-state index in [1.807, 2.05) is 0 Å². The molecule has 0 aliphatic heterocycles. The minimum absolute atomic E-state index is 1.10. The lowest BCUT2D eigenvalue weighted by Crippen LogP contribution is -2.11. The second kappa shape index (κ2) is 13.3. The Morgan fingerprint density at radius 3 is 1.47 bits per heavy atom. The molecule has 0 N–H and O–H groups in total.